The van der Waals surface area contributed by atoms with E-state index in [1.54, 1.807) is 6.08 Å². The molecule has 3 rings (SSSR count). The molecule has 0 spiro atoms. The lowest BCUT2D eigenvalue weighted by atomic mass is 10.1. The van der Waals surface area contributed by atoms with Crippen LogP contribution in [-0.2, 0) is 17.6 Å². The molecule has 122 valence electrons. The number of aromatic amines is 1. The minimum atomic E-state index is -0.0233. The fourth-order valence-corrected chi connectivity index (χ4v) is 2.80. The Bertz CT molecular complexity index is 818. The van der Waals surface area contributed by atoms with Crippen LogP contribution in [0.5, 0.6) is 0 Å². The summed E-state index contributed by atoms with van der Waals surface area (Å²) in [6, 6.07) is 18.5. The van der Waals surface area contributed by atoms with Crippen molar-refractivity contribution >= 4 is 16.8 Å². The molecule has 24 heavy (non-hydrogen) atoms. The molecule has 3 aromatic rings. The SMILES string of the molecule is O=C(C=CCCc1c[nH]c2ccccc12)NCCc1ccccc1. The van der Waals surface area contributed by atoms with Gasteiger partial charge in [-0.1, -0.05) is 54.6 Å². The number of fused-ring (bicyclic) bond motifs is 1. The first-order valence-electron chi connectivity index (χ1n) is 8.36. The Morgan fingerprint density at radius 1 is 1.00 bits per heavy atom. The second-order valence-electron chi connectivity index (χ2n) is 5.83. The average molecular weight is 318 g/mol. The molecule has 2 aromatic carbocycles. The molecule has 0 aliphatic rings. The normalized spacial score (nSPS) is 11.2. The van der Waals surface area contributed by atoms with E-state index >= 15 is 0 Å². The minimum absolute atomic E-state index is 0.0233. The molecule has 0 aliphatic heterocycles. The lowest BCUT2D eigenvalue weighted by Gasteiger charge is -2.02. The maximum absolute atomic E-state index is 11.8. The van der Waals surface area contributed by atoms with Gasteiger partial charge in [0.15, 0.2) is 0 Å². The molecule has 0 radical (unpaired) electrons. The van der Waals surface area contributed by atoms with E-state index < -0.39 is 0 Å². The van der Waals surface area contributed by atoms with Crippen LogP contribution >= 0.6 is 0 Å². The predicted molar refractivity (Wildman–Crippen MR) is 98.9 cm³/mol. The molecule has 3 nitrogen and oxygen atoms in total. The number of hydrogen-bond donors (Lipinski definition) is 2. The first-order valence-corrected chi connectivity index (χ1v) is 8.36. The molecule has 2 N–H and O–H groups in total. The highest BCUT2D eigenvalue weighted by molar-refractivity contribution is 5.87. The highest BCUT2D eigenvalue weighted by Gasteiger charge is 2.01. The fraction of sp³-hybridized carbons (Fsp3) is 0.190. The van der Waals surface area contributed by atoms with Gasteiger partial charge in [-0.05, 0) is 42.5 Å². The van der Waals surface area contributed by atoms with Gasteiger partial charge in [-0.15, -0.1) is 0 Å². The second-order valence-corrected chi connectivity index (χ2v) is 5.83. The lowest BCUT2D eigenvalue weighted by molar-refractivity contribution is -0.116. The first-order chi connectivity index (χ1) is 11.8. The van der Waals surface area contributed by atoms with Gasteiger partial charge in [-0.2, -0.15) is 0 Å². The van der Waals surface area contributed by atoms with Crippen molar-refractivity contribution in [2.75, 3.05) is 6.54 Å². The van der Waals surface area contributed by atoms with Gasteiger partial charge in [0.2, 0.25) is 5.91 Å². The monoisotopic (exact) mass is 318 g/mol. The van der Waals surface area contributed by atoms with E-state index in [4.69, 9.17) is 0 Å². The summed E-state index contributed by atoms with van der Waals surface area (Å²) in [5.74, 6) is -0.0233. The molecule has 0 aliphatic carbocycles. The maximum atomic E-state index is 11.8. The van der Waals surface area contributed by atoms with Crippen LogP contribution in [0.4, 0.5) is 0 Å². The summed E-state index contributed by atoms with van der Waals surface area (Å²) in [7, 11) is 0. The molecule has 1 aromatic heterocycles. The van der Waals surface area contributed by atoms with Gasteiger partial charge in [0.25, 0.3) is 0 Å². The molecule has 0 unspecified atom stereocenters. The number of carbonyl (C=O) groups excluding carboxylic acids is 1. The van der Waals surface area contributed by atoms with Crippen molar-refractivity contribution in [1.82, 2.24) is 10.3 Å². The number of amides is 1. The van der Waals surface area contributed by atoms with Crippen LogP contribution in [0.1, 0.15) is 17.5 Å². The zero-order chi connectivity index (χ0) is 16.6. The van der Waals surface area contributed by atoms with E-state index in [9.17, 15) is 4.79 Å². The van der Waals surface area contributed by atoms with Gasteiger partial charge in [0.05, 0.1) is 0 Å². The Kier molecular flexibility index (Phi) is 5.46. The molecule has 3 heteroatoms. The molecular weight excluding hydrogens is 296 g/mol. The third kappa shape index (κ3) is 4.35. The lowest BCUT2D eigenvalue weighted by Crippen LogP contribution is -2.23. The van der Waals surface area contributed by atoms with E-state index in [0.717, 1.165) is 24.8 Å². The Hall–Kier alpha value is -2.81. The molecule has 0 saturated carbocycles. The third-order valence-corrected chi connectivity index (χ3v) is 4.08. The Morgan fingerprint density at radius 2 is 1.79 bits per heavy atom. The summed E-state index contributed by atoms with van der Waals surface area (Å²) < 4.78 is 0. The first kappa shape index (κ1) is 16.1. The number of aromatic nitrogens is 1. The highest BCUT2D eigenvalue weighted by Crippen LogP contribution is 2.18. The second kappa shape index (κ2) is 8.16. The summed E-state index contributed by atoms with van der Waals surface area (Å²) in [6.07, 6.45) is 8.28. The number of hydrogen-bond acceptors (Lipinski definition) is 1. The topological polar surface area (TPSA) is 44.9 Å². The standard InChI is InChI=1S/C21H22N2O/c24-21(22-15-14-17-8-2-1-3-9-17)13-7-4-10-18-16-23-20-12-6-5-11-19(18)20/h1-3,5-9,11-13,16,23H,4,10,14-15H2,(H,22,24). The molecule has 0 fully saturated rings. The number of carbonyl (C=O) groups is 1. The van der Waals surface area contributed by atoms with E-state index in [1.807, 2.05) is 30.3 Å². The summed E-state index contributed by atoms with van der Waals surface area (Å²) in [5.41, 5.74) is 3.69. The van der Waals surface area contributed by atoms with Crippen molar-refractivity contribution < 1.29 is 4.79 Å². The Balaban J connectivity index is 1.40. The van der Waals surface area contributed by atoms with E-state index in [1.165, 1.54) is 16.5 Å². The zero-order valence-corrected chi connectivity index (χ0v) is 13.7. The average Bonchev–Trinajstić information content (AvgIpc) is 3.03. The molecule has 1 heterocycles. The molecule has 0 bridgehead atoms. The number of para-hydroxylation sites is 1. The van der Waals surface area contributed by atoms with Crippen LogP contribution in [0.25, 0.3) is 10.9 Å². The number of nitrogens with one attached hydrogen (secondary N) is 2. The van der Waals surface area contributed by atoms with Gasteiger partial charge in [0, 0.05) is 23.6 Å². The summed E-state index contributed by atoms with van der Waals surface area (Å²) in [4.78, 5) is 15.1. The molecule has 0 atom stereocenters. The van der Waals surface area contributed by atoms with Crippen LogP contribution < -0.4 is 5.32 Å². The van der Waals surface area contributed by atoms with Crippen LogP contribution in [0.3, 0.4) is 0 Å². The van der Waals surface area contributed by atoms with Crippen molar-refractivity contribution in [3.8, 4) is 0 Å². The number of allylic oxidation sites excluding steroid dienone is 1. The third-order valence-electron chi connectivity index (χ3n) is 4.08. The van der Waals surface area contributed by atoms with Crippen molar-refractivity contribution in [1.29, 1.82) is 0 Å². The highest BCUT2D eigenvalue weighted by atomic mass is 16.1. The van der Waals surface area contributed by atoms with Crippen LogP contribution in [0.2, 0.25) is 0 Å². The number of benzene rings is 2. The fourth-order valence-electron chi connectivity index (χ4n) is 2.80. The molecular formula is C21H22N2O. The smallest absolute Gasteiger partial charge is 0.243 e. The summed E-state index contributed by atoms with van der Waals surface area (Å²) >= 11 is 0. The van der Waals surface area contributed by atoms with Crippen LogP contribution in [0.15, 0.2) is 72.9 Å². The zero-order valence-electron chi connectivity index (χ0n) is 13.7. The van der Waals surface area contributed by atoms with Gasteiger partial charge < -0.3 is 10.3 Å². The van der Waals surface area contributed by atoms with Crippen molar-refractivity contribution in [3.05, 3.63) is 84.1 Å². The Labute approximate surface area is 142 Å². The quantitative estimate of drug-likeness (QED) is 0.635. The van der Waals surface area contributed by atoms with E-state index in [2.05, 4.69) is 46.8 Å². The van der Waals surface area contributed by atoms with Gasteiger partial charge in [-0.25, -0.2) is 0 Å². The van der Waals surface area contributed by atoms with E-state index in [-0.39, 0.29) is 5.91 Å². The Morgan fingerprint density at radius 3 is 2.67 bits per heavy atom. The maximum Gasteiger partial charge on any atom is 0.243 e. The van der Waals surface area contributed by atoms with Crippen molar-refractivity contribution in [2.45, 2.75) is 19.3 Å². The van der Waals surface area contributed by atoms with E-state index in [0.29, 0.717) is 6.54 Å². The van der Waals surface area contributed by atoms with Crippen LogP contribution in [-0.4, -0.2) is 17.4 Å². The number of rotatable bonds is 7. The molecule has 0 saturated heterocycles. The number of aryl methyl sites for hydroxylation is 1. The number of H-pyrrole nitrogens is 1. The van der Waals surface area contributed by atoms with Crippen LogP contribution in [0, 0.1) is 0 Å². The van der Waals surface area contributed by atoms with Gasteiger partial charge >= 0.3 is 0 Å². The van der Waals surface area contributed by atoms with Crippen molar-refractivity contribution in [3.63, 3.8) is 0 Å². The summed E-state index contributed by atoms with van der Waals surface area (Å²) in [5, 5.41) is 4.18. The minimum Gasteiger partial charge on any atom is -0.361 e. The van der Waals surface area contributed by atoms with Gasteiger partial charge in [0.1, 0.15) is 0 Å². The molecule has 1 amide bonds. The predicted octanol–water partition coefficient (Wildman–Crippen LogP) is 4.02. The summed E-state index contributed by atoms with van der Waals surface area (Å²) in [6.45, 7) is 0.662. The van der Waals surface area contributed by atoms with Gasteiger partial charge in [-0.3, -0.25) is 4.79 Å². The van der Waals surface area contributed by atoms with Crippen molar-refractivity contribution in [2.24, 2.45) is 0 Å². The largest absolute Gasteiger partial charge is 0.361 e.